The van der Waals surface area contributed by atoms with Gasteiger partial charge in [-0.2, -0.15) is 0 Å². The molecule has 0 aliphatic carbocycles. The zero-order valence-electron chi connectivity index (χ0n) is 20.4. The molecule has 0 saturated heterocycles. The van der Waals surface area contributed by atoms with E-state index in [0.29, 0.717) is 0 Å². The summed E-state index contributed by atoms with van der Waals surface area (Å²) >= 11 is 2.81. The van der Waals surface area contributed by atoms with Crippen LogP contribution in [0.25, 0.3) is 12.2 Å². The van der Waals surface area contributed by atoms with Gasteiger partial charge in [0.25, 0.3) is 0 Å². The van der Waals surface area contributed by atoms with Crippen molar-refractivity contribution in [3.63, 3.8) is 0 Å². The first-order chi connectivity index (χ1) is 19.0. The van der Waals surface area contributed by atoms with Gasteiger partial charge in [-0.15, -0.1) is 0 Å². The minimum atomic E-state index is 0.989. The van der Waals surface area contributed by atoms with E-state index in [1.807, 2.05) is 6.08 Å². The molecule has 0 aromatic heterocycles. The fourth-order valence-electron chi connectivity index (χ4n) is 1.27. The van der Waals surface area contributed by atoms with Crippen LogP contribution in [0, 0.1) is 66.5 Å². The van der Waals surface area contributed by atoms with E-state index in [9.17, 15) is 0 Å². The average Bonchev–Trinajstić information content (AvgIpc) is 3.08. The summed E-state index contributed by atoms with van der Waals surface area (Å²) in [7, 11) is 5.83. The molecule has 0 spiro atoms. The summed E-state index contributed by atoms with van der Waals surface area (Å²) < 4.78 is 82.4. The number of likely N-dealkylation sites (N-methyl/N-ethyl adjacent to an activating group) is 1. The number of hydrogen-bond donors (Lipinski definition) is 0. The van der Waals surface area contributed by atoms with Crippen molar-refractivity contribution in [1.82, 2.24) is 4.90 Å². The van der Waals surface area contributed by atoms with Crippen molar-refractivity contribution < 1.29 is 90.0 Å². The molecule has 0 fully saturated rings. The van der Waals surface area contributed by atoms with Gasteiger partial charge in [0.1, 0.15) is 0 Å². The average molecular weight is 875 g/mol. The molecule has 1 rings (SSSR count). The van der Waals surface area contributed by atoms with Crippen LogP contribution in [0.2, 0.25) is 0 Å². The van der Waals surface area contributed by atoms with Gasteiger partial charge in [0.15, 0.2) is 0 Å². The molecular formula is C25H17NO11W2. The van der Waals surface area contributed by atoms with Gasteiger partial charge in [-0.25, -0.2) is 0 Å². The molecule has 0 atom stereocenters. The Bertz CT molecular complexity index is 828. The van der Waals surface area contributed by atoms with Crippen LogP contribution in [0.1, 0.15) is 11.1 Å². The number of nitrogens with zero attached hydrogens (tertiary/aromatic N) is 1. The van der Waals surface area contributed by atoms with Gasteiger partial charge in [0, 0.05) is 0 Å². The Hall–Kier alpha value is -2.86. The summed E-state index contributed by atoms with van der Waals surface area (Å²) in [5.41, 5.74) is 2.41. The normalized spacial score (nSPS) is 6.15. The SMILES string of the molecule is CO[C](=[W])/C=C/c1ccc(/C=C/[C](=[W])N(C)C)cc1.[C-]#[O+].[C-]#[O+].[C-]#[O+].[C-]#[O+].[C-]#[O+].[C-]#[O+].[C-]#[O+].[C-]#[O+].[C-]#[O+].[C-]#[O+]. The van der Waals surface area contributed by atoms with Crippen molar-refractivity contribution in [3.8, 4) is 0 Å². The number of rotatable bonds is 6. The second kappa shape index (κ2) is 91.6. The van der Waals surface area contributed by atoms with Gasteiger partial charge in [0.05, 0.1) is 0 Å². The Balaban J connectivity index is -0.0000000442. The zero-order chi connectivity index (χ0) is 34.3. The quantitative estimate of drug-likeness (QED) is 0.310. The second-order valence-electron chi connectivity index (χ2n) is 4.09. The summed E-state index contributed by atoms with van der Waals surface area (Å²) in [5.74, 6) is 0. The maximum atomic E-state index is 7.50. The molecule has 14 heteroatoms. The van der Waals surface area contributed by atoms with Crippen molar-refractivity contribution in [2.24, 2.45) is 0 Å². The molecule has 1 aromatic rings. The van der Waals surface area contributed by atoms with E-state index < -0.39 is 0 Å². The van der Waals surface area contributed by atoms with E-state index >= 15 is 0 Å². The topological polar surface area (TPSA) is 211 Å². The number of hydrogen-bond acceptors (Lipinski definition) is 2. The molecular weight excluding hydrogens is 858 g/mol. The van der Waals surface area contributed by atoms with Gasteiger partial charge in [0.2, 0.25) is 0 Å². The molecule has 200 valence electrons. The first kappa shape index (κ1) is 65.3. The van der Waals surface area contributed by atoms with Crippen LogP contribution in [0.5, 0.6) is 0 Å². The summed E-state index contributed by atoms with van der Waals surface area (Å²) in [5, 5.41) is 0. The third-order valence-corrected chi connectivity index (χ3v) is 5.30. The third-order valence-electron chi connectivity index (χ3n) is 2.41. The van der Waals surface area contributed by atoms with Gasteiger partial charge in [-0.3, -0.25) is 0 Å². The molecule has 0 N–H and O–H groups in total. The van der Waals surface area contributed by atoms with Crippen LogP contribution in [-0.2, 0) is 90.0 Å². The monoisotopic (exact) mass is 875 g/mol. The molecule has 0 radical (unpaired) electrons. The molecule has 0 bridgehead atoms. The molecule has 0 saturated carbocycles. The van der Waals surface area contributed by atoms with Gasteiger partial charge >= 0.3 is 250 Å². The van der Waals surface area contributed by atoms with Gasteiger partial charge in [-0.05, 0) is 0 Å². The second-order valence-corrected chi connectivity index (χ2v) is 7.04. The Morgan fingerprint density at radius 1 is 0.564 bits per heavy atom. The Morgan fingerprint density at radius 3 is 1.00 bits per heavy atom. The molecule has 39 heavy (non-hydrogen) atoms. The molecule has 12 nitrogen and oxygen atoms in total. The van der Waals surface area contributed by atoms with Crippen molar-refractivity contribution in [3.05, 3.63) is 114 Å². The van der Waals surface area contributed by atoms with E-state index in [1.165, 1.54) is 53.9 Å². The van der Waals surface area contributed by atoms with Crippen molar-refractivity contribution in [2.45, 2.75) is 0 Å². The van der Waals surface area contributed by atoms with Crippen LogP contribution in [-0.4, -0.2) is 34.2 Å². The van der Waals surface area contributed by atoms with E-state index in [-0.39, 0.29) is 0 Å². The third kappa shape index (κ3) is 72.1. The minimum absolute atomic E-state index is 0.989. The van der Waals surface area contributed by atoms with E-state index in [0.717, 1.165) is 4.08 Å². The van der Waals surface area contributed by atoms with Crippen LogP contribution in [0.3, 0.4) is 0 Å². The predicted octanol–water partition coefficient (Wildman–Crippen LogP) is 1.90. The van der Waals surface area contributed by atoms with Crippen LogP contribution in [0.15, 0.2) is 36.4 Å². The number of benzene rings is 1. The Kier molecular flexibility index (Phi) is 153. The number of methoxy groups -OCH3 is 1. The summed E-state index contributed by atoms with van der Waals surface area (Å²) in [6.07, 6.45) is 8.38. The Labute approximate surface area is 249 Å². The van der Waals surface area contributed by atoms with Crippen LogP contribution >= 0.6 is 0 Å². The molecule has 0 amide bonds. The molecule has 0 heterocycles. The number of ether oxygens (including phenoxy) is 1. The first-order valence-corrected chi connectivity index (χ1v) is 10.8. The van der Waals surface area contributed by atoms with Crippen LogP contribution in [0.4, 0.5) is 0 Å². The van der Waals surface area contributed by atoms with Crippen molar-refractivity contribution >= 4 is 20.3 Å². The summed E-state index contributed by atoms with van der Waals surface area (Å²) in [6.45, 7) is 45.0. The molecule has 0 unspecified atom stereocenters. The maximum absolute atomic E-state index is 7.50. The van der Waals surface area contributed by atoms with E-state index in [1.54, 1.807) is 7.11 Å². The molecule has 0 aliphatic rings. The standard InChI is InChI=1S/C15H17NO.10CO.2W/c1-16(2)12-4-6-14-8-10-15(11-9-14)7-5-13-17-3;10*1-2;;/h4-11H,1-3H3;;;;;;;;;;;;/b6-4+,7-5+;;;;;;;;;;;;. The zero-order valence-corrected chi connectivity index (χ0v) is 26.2. The van der Waals surface area contributed by atoms with Crippen molar-refractivity contribution in [2.75, 3.05) is 21.2 Å². The van der Waals surface area contributed by atoms with E-state index in [2.05, 4.69) is 128 Å². The van der Waals surface area contributed by atoms with Crippen LogP contribution < -0.4 is 0 Å². The summed E-state index contributed by atoms with van der Waals surface area (Å²) in [6, 6.07) is 8.49. The fourth-order valence-corrected chi connectivity index (χ4v) is 1.76. The van der Waals surface area contributed by atoms with Crippen molar-refractivity contribution in [1.29, 1.82) is 0 Å². The Morgan fingerprint density at radius 2 is 0.795 bits per heavy atom. The first-order valence-electron chi connectivity index (χ1n) is 7.82. The fraction of sp³-hybridized carbons (Fsp3) is 0.120. The predicted molar refractivity (Wildman–Crippen MR) is 115 cm³/mol. The molecule has 1 aromatic carbocycles. The van der Waals surface area contributed by atoms with Gasteiger partial charge < -0.3 is 0 Å². The summed E-state index contributed by atoms with van der Waals surface area (Å²) in [4.78, 5) is 2.13. The molecule has 0 aliphatic heterocycles. The van der Waals surface area contributed by atoms with Gasteiger partial charge in [-0.1, -0.05) is 0 Å². The van der Waals surface area contributed by atoms with E-state index in [4.69, 9.17) is 51.3 Å².